The van der Waals surface area contributed by atoms with Gasteiger partial charge in [-0.25, -0.2) is 9.97 Å². The van der Waals surface area contributed by atoms with Crippen LogP contribution in [0, 0.1) is 6.92 Å². The quantitative estimate of drug-likeness (QED) is 0.787. The van der Waals surface area contributed by atoms with E-state index in [2.05, 4.69) is 28.7 Å². The van der Waals surface area contributed by atoms with Crippen LogP contribution in [-0.2, 0) is 14.3 Å². The highest BCUT2D eigenvalue weighted by Gasteiger charge is 2.24. The smallest absolute Gasteiger partial charge is 0.308 e. The molecule has 1 aromatic rings. The van der Waals surface area contributed by atoms with Gasteiger partial charge in [0.2, 0.25) is 0 Å². The van der Waals surface area contributed by atoms with Crippen LogP contribution in [0.1, 0.15) is 37.7 Å². The summed E-state index contributed by atoms with van der Waals surface area (Å²) in [7, 11) is 1.39. The van der Waals surface area contributed by atoms with Gasteiger partial charge in [0.1, 0.15) is 11.6 Å². The third-order valence-corrected chi connectivity index (χ3v) is 3.46. The van der Waals surface area contributed by atoms with Crippen LogP contribution in [-0.4, -0.2) is 48.8 Å². The Bertz CT molecular complexity index is 505. The molecule has 0 amide bonds. The number of rotatable bonds is 4. The van der Waals surface area contributed by atoms with Crippen molar-refractivity contribution in [2.24, 2.45) is 0 Å². The highest BCUT2D eigenvalue weighted by Crippen LogP contribution is 2.20. The minimum atomic E-state index is -0.247. The molecule has 0 N–H and O–H groups in total. The Hall–Kier alpha value is -1.69. The number of methoxy groups -OCH3 is 1. The molecule has 0 bridgehead atoms. The third kappa shape index (κ3) is 4.14. The molecule has 0 aliphatic carbocycles. The average molecular weight is 293 g/mol. The summed E-state index contributed by atoms with van der Waals surface area (Å²) in [5, 5.41) is 0. The van der Waals surface area contributed by atoms with Gasteiger partial charge in [-0.05, 0) is 6.92 Å². The van der Waals surface area contributed by atoms with Crippen LogP contribution in [0.3, 0.4) is 0 Å². The van der Waals surface area contributed by atoms with Crippen molar-refractivity contribution < 1.29 is 14.3 Å². The summed E-state index contributed by atoms with van der Waals surface area (Å²) in [6.45, 7) is 8.13. The van der Waals surface area contributed by atoms with Crippen LogP contribution in [0.2, 0.25) is 0 Å². The number of aromatic nitrogens is 2. The summed E-state index contributed by atoms with van der Waals surface area (Å²) in [6, 6.07) is 1.98. The van der Waals surface area contributed by atoms with Crippen LogP contribution in [0.4, 0.5) is 5.82 Å². The first-order chi connectivity index (χ1) is 9.99. The molecule has 1 atom stereocenters. The fraction of sp³-hybridized carbons (Fsp3) is 0.667. The standard InChI is InChI=1S/C15H23N3O3/c1-10(2)15-16-11(3)7-13(17-15)18-5-6-21-12(9-18)8-14(19)20-4/h7,10,12H,5-6,8-9H2,1-4H3. The first-order valence-corrected chi connectivity index (χ1v) is 7.28. The van der Waals surface area contributed by atoms with Gasteiger partial charge in [0.05, 0.1) is 26.2 Å². The lowest BCUT2D eigenvalue weighted by Gasteiger charge is -2.33. The molecule has 2 rings (SSSR count). The van der Waals surface area contributed by atoms with Crippen molar-refractivity contribution in [2.45, 2.75) is 39.2 Å². The lowest BCUT2D eigenvalue weighted by Crippen LogP contribution is -2.44. The number of anilines is 1. The second kappa shape index (κ2) is 6.85. The van der Waals surface area contributed by atoms with Crippen molar-refractivity contribution >= 4 is 11.8 Å². The third-order valence-electron chi connectivity index (χ3n) is 3.46. The van der Waals surface area contributed by atoms with Gasteiger partial charge in [-0.2, -0.15) is 0 Å². The van der Waals surface area contributed by atoms with E-state index in [1.54, 1.807) is 0 Å². The molecule has 1 unspecified atom stereocenters. The Morgan fingerprint density at radius 1 is 1.52 bits per heavy atom. The summed E-state index contributed by atoms with van der Waals surface area (Å²) < 4.78 is 10.3. The van der Waals surface area contributed by atoms with Gasteiger partial charge < -0.3 is 14.4 Å². The van der Waals surface area contributed by atoms with E-state index in [1.807, 2.05) is 13.0 Å². The molecule has 1 saturated heterocycles. The van der Waals surface area contributed by atoms with E-state index < -0.39 is 0 Å². The molecular formula is C15H23N3O3. The number of aryl methyl sites for hydroxylation is 1. The van der Waals surface area contributed by atoms with E-state index in [0.29, 0.717) is 13.2 Å². The molecular weight excluding hydrogens is 270 g/mol. The van der Waals surface area contributed by atoms with Crippen molar-refractivity contribution in [2.75, 3.05) is 31.7 Å². The number of hydrogen-bond acceptors (Lipinski definition) is 6. The highest BCUT2D eigenvalue weighted by molar-refractivity contribution is 5.69. The first-order valence-electron chi connectivity index (χ1n) is 7.28. The van der Waals surface area contributed by atoms with Crippen LogP contribution in [0.25, 0.3) is 0 Å². The molecule has 6 nitrogen and oxygen atoms in total. The molecule has 2 heterocycles. The van der Waals surface area contributed by atoms with Gasteiger partial charge in [-0.1, -0.05) is 13.8 Å². The zero-order chi connectivity index (χ0) is 15.4. The SMILES string of the molecule is COC(=O)CC1CN(c2cc(C)nc(C(C)C)n2)CCO1. The van der Waals surface area contributed by atoms with Gasteiger partial charge in [-0.15, -0.1) is 0 Å². The van der Waals surface area contributed by atoms with Crippen molar-refractivity contribution in [3.63, 3.8) is 0 Å². The number of esters is 1. The Balaban J connectivity index is 2.12. The maximum Gasteiger partial charge on any atom is 0.308 e. The Morgan fingerprint density at radius 2 is 2.29 bits per heavy atom. The minimum absolute atomic E-state index is 0.149. The maximum atomic E-state index is 11.4. The lowest BCUT2D eigenvalue weighted by atomic mass is 10.2. The predicted octanol–water partition coefficient (Wildman–Crippen LogP) is 1.68. The van der Waals surface area contributed by atoms with Crippen LogP contribution in [0.5, 0.6) is 0 Å². The van der Waals surface area contributed by atoms with Gasteiger partial charge in [0.15, 0.2) is 0 Å². The van der Waals surface area contributed by atoms with Crippen molar-refractivity contribution in [3.05, 3.63) is 17.6 Å². The van der Waals surface area contributed by atoms with Crippen molar-refractivity contribution in [1.82, 2.24) is 9.97 Å². The van der Waals surface area contributed by atoms with Crippen molar-refractivity contribution in [1.29, 1.82) is 0 Å². The van der Waals surface area contributed by atoms with Gasteiger partial charge in [0, 0.05) is 30.8 Å². The average Bonchev–Trinajstić information content (AvgIpc) is 2.46. The number of nitrogens with zero attached hydrogens (tertiary/aromatic N) is 3. The Morgan fingerprint density at radius 3 is 2.95 bits per heavy atom. The van der Waals surface area contributed by atoms with E-state index >= 15 is 0 Å². The number of carbonyl (C=O) groups excluding carboxylic acids is 1. The van der Waals surface area contributed by atoms with E-state index in [-0.39, 0.29) is 24.4 Å². The van der Waals surface area contributed by atoms with Gasteiger partial charge in [0.25, 0.3) is 0 Å². The predicted molar refractivity (Wildman–Crippen MR) is 79.4 cm³/mol. The minimum Gasteiger partial charge on any atom is -0.469 e. The second-order valence-corrected chi connectivity index (χ2v) is 5.60. The van der Waals surface area contributed by atoms with Crippen LogP contribution < -0.4 is 4.90 Å². The second-order valence-electron chi connectivity index (χ2n) is 5.60. The van der Waals surface area contributed by atoms with Crippen LogP contribution >= 0.6 is 0 Å². The molecule has 116 valence electrons. The van der Waals surface area contributed by atoms with Gasteiger partial charge in [-0.3, -0.25) is 4.79 Å². The summed E-state index contributed by atoms with van der Waals surface area (Å²) in [4.78, 5) is 22.6. The lowest BCUT2D eigenvalue weighted by molar-refractivity contribution is -0.144. The maximum absolute atomic E-state index is 11.4. The fourth-order valence-electron chi connectivity index (χ4n) is 2.31. The monoisotopic (exact) mass is 293 g/mol. The molecule has 0 spiro atoms. The van der Waals surface area contributed by atoms with E-state index in [1.165, 1.54) is 7.11 Å². The molecule has 6 heteroatoms. The topological polar surface area (TPSA) is 64.5 Å². The molecule has 0 aromatic carbocycles. The Kier molecular flexibility index (Phi) is 5.12. The van der Waals surface area contributed by atoms with E-state index in [9.17, 15) is 4.79 Å². The fourth-order valence-corrected chi connectivity index (χ4v) is 2.31. The highest BCUT2D eigenvalue weighted by atomic mass is 16.5. The largest absolute Gasteiger partial charge is 0.469 e. The summed E-state index contributed by atoms with van der Waals surface area (Å²) >= 11 is 0. The summed E-state index contributed by atoms with van der Waals surface area (Å²) in [5.41, 5.74) is 0.958. The molecule has 0 radical (unpaired) electrons. The number of ether oxygens (including phenoxy) is 2. The van der Waals surface area contributed by atoms with Crippen LogP contribution in [0.15, 0.2) is 6.07 Å². The van der Waals surface area contributed by atoms with E-state index in [4.69, 9.17) is 9.47 Å². The molecule has 1 aromatic heterocycles. The molecule has 1 aliphatic rings. The first kappa shape index (κ1) is 15.7. The van der Waals surface area contributed by atoms with Crippen molar-refractivity contribution in [3.8, 4) is 0 Å². The zero-order valence-corrected chi connectivity index (χ0v) is 13.1. The zero-order valence-electron chi connectivity index (χ0n) is 13.1. The molecule has 0 saturated carbocycles. The number of morpholine rings is 1. The molecule has 21 heavy (non-hydrogen) atoms. The normalized spacial score (nSPS) is 18.9. The summed E-state index contributed by atoms with van der Waals surface area (Å²) in [5.74, 6) is 1.80. The molecule has 1 aliphatic heterocycles. The summed E-state index contributed by atoms with van der Waals surface area (Å²) in [6.07, 6.45) is 0.123. The van der Waals surface area contributed by atoms with Gasteiger partial charge >= 0.3 is 5.97 Å². The number of hydrogen-bond donors (Lipinski definition) is 0. The Labute approximate surface area is 125 Å². The number of carbonyl (C=O) groups is 1. The molecule has 1 fully saturated rings. The van der Waals surface area contributed by atoms with E-state index in [0.717, 1.165) is 23.9 Å².